The van der Waals surface area contributed by atoms with Gasteiger partial charge < -0.3 is 9.47 Å². The summed E-state index contributed by atoms with van der Waals surface area (Å²) in [7, 11) is 0. The molecule has 2 bridgehead atoms. The van der Waals surface area contributed by atoms with Gasteiger partial charge in [0, 0.05) is 43.9 Å². The number of hydrogen-bond donors (Lipinski definition) is 0. The Hall–Kier alpha value is -2.18. The van der Waals surface area contributed by atoms with Gasteiger partial charge in [0.05, 0.1) is 0 Å². The van der Waals surface area contributed by atoms with Crippen molar-refractivity contribution >= 4 is 5.95 Å². The van der Waals surface area contributed by atoms with Gasteiger partial charge in [-0.2, -0.15) is 0 Å². The summed E-state index contributed by atoms with van der Waals surface area (Å²) in [5.41, 5.74) is 1.71. The lowest BCUT2D eigenvalue weighted by Gasteiger charge is -2.42. The highest BCUT2D eigenvalue weighted by Gasteiger charge is 2.46. The molecule has 0 aromatic carbocycles. The second kappa shape index (κ2) is 5.16. The molecule has 2 aromatic rings. The minimum absolute atomic E-state index is 0.126. The van der Waals surface area contributed by atoms with E-state index < -0.39 is 0 Å². The van der Waals surface area contributed by atoms with E-state index in [2.05, 4.69) is 40.3 Å². The fourth-order valence-corrected chi connectivity index (χ4v) is 4.70. The van der Waals surface area contributed by atoms with Crippen molar-refractivity contribution < 1.29 is 0 Å². The maximum Gasteiger partial charge on any atom is 0.250 e. The quantitative estimate of drug-likeness (QED) is 0.847. The molecule has 25 heavy (non-hydrogen) atoms. The average Bonchev–Trinajstić information content (AvgIpc) is 2.96. The van der Waals surface area contributed by atoms with Gasteiger partial charge >= 0.3 is 0 Å². The van der Waals surface area contributed by atoms with E-state index >= 15 is 0 Å². The van der Waals surface area contributed by atoms with Gasteiger partial charge in [0.1, 0.15) is 0 Å². The molecule has 4 heterocycles. The fraction of sp³-hybridized carbons (Fsp3) is 0.667. The molecule has 2 aliphatic heterocycles. The Bertz CT molecular complexity index is 868. The highest BCUT2D eigenvalue weighted by Crippen LogP contribution is 2.52. The van der Waals surface area contributed by atoms with Gasteiger partial charge in [0.25, 0.3) is 5.56 Å². The van der Waals surface area contributed by atoms with Gasteiger partial charge in [-0.15, -0.1) is 0 Å². The maximum absolute atomic E-state index is 12.2. The predicted molar refractivity (Wildman–Crippen MR) is 93.5 cm³/mol. The first-order valence-electron chi connectivity index (χ1n) is 9.22. The van der Waals surface area contributed by atoms with Crippen molar-refractivity contribution in [2.24, 2.45) is 17.3 Å². The van der Waals surface area contributed by atoms with E-state index in [-0.39, 0.29) is 5.56 Å². The molecule has 7 heteroatoms. The summed E-state index contributed by atoms with van der Waals surface area (Å²) >= 11 is 0. The van der Waals surface area contributed by atoms with Crippen LogP contribution in [0.5, 0.6) is 0 Å². The molecule has 0 spiro atoms. The molecule has 1 saturated carbocycles. The van der Waals surface area contributed by atoms with Gasteiger partial charge in [-0.3, -0.25) is 4.79 Å². The molecular weight excluding hydrogens is 316 g/mol. The van der Waals surface area contributed by atoms with E-state index in [9.17, 15) is 4.79 Å². The molecule has 2 fully saturated rings. The van der Waals surface area contributed by atoms with Crippen LogP contribution in [-0.4, -0.2) is 37.9 Å². The first-order valence-corrected chi connectivity index (χ1v) is 9.22. The summed E-state index contributed by atoms with van der Waals surface area (Å²) in [6.45, 7) is 8.12. The molecule has 0 radical (unpaired) electrons. The maximum atomic E-state index is 12.2. The van der Waals surface area contributed by atoms with Crippen LogP contribution in [0.4, 0.5) is 5.95 Å². The second-order valence-corrected chi connectivity index (χ2v) is 8.65. The number of nitrogens with zero attached hydrogens (tertiary/aromatic N) is 6. The van der Waals surface area contributed by atoms with Gasteiger partial charge in [-0.25, -0.2) is 4.68 Å². The number of anilines is 1. The molecule has 7 nitrogen and oxygen atoms in total. The predicted octanol–water partition coefficient (Wildman–Crippen LogP) is 1.50. The van der Waals surface area contributed by atoms with Crippen LogP contribution in [0.2, 0.25) is 0 Å². The zero-order chi connectivity index (χ0) is 17.2. The largest absolute Gasteiger partial charge is 0.339 e. The number of tetrazole rings is 1. The minimum atomic E-state index is 0.126. The molecule has 1 aliphatic carbocycles. The lowest BCUT2D eigenvalue weighted by Crippen LogP contribution is -2.48. The molecule has 3 atom stereocenters. The SMILES string of the molecule is CC1(C)CC1Cn1nnnc1N1C[C@@H]2C[C@H](C1)c1cccc(=O)n1C2. The number of hydrogen-bond acceptors (Lipinski definition) is 5. The van der Waals surface area contributed by atoms with Crippen molar-refractivity contribution in [1.82, 2.24) is 24.8 Å². The first-order chi connectivity index (χ1) is 12.0. The standard InChI is InChI=1S/C18H24N6O/c1-18(2)7-14(18)11-24-17(19-20-21-24)22-8-12-6-13(10-22)15-4-3-5-16(25)23(15)9-12/h3-5,12-14H,6-11H2,1-2H3/t12-,13+,14?/m0/s1. The summed E-state index contributed by atoms with van der Waals surface area (Å²) in [6.07, 6.45) is 2.39. The van der Waals surface area contributed by atoms with Crippen LogP contribution in [0, 0.1) is 17.3 Å². The molecule has 0 N–H and O–H groups in total. The molecule has 2 aromatic heterocycles. The van der Waals surface area contributed by atoms with E-state index in [1.54, 1.807) is 6.07 Å². The third-order valence-electron chi connectivity index (χ3n) is 6.39. The van der Waals surface area contributed by atoms with Crippen LogP contribution in [-0.2, 0) is 13.1 Å². The molecule has 0 amide bonds. The van der Waals surface area contributed by atoms with Crippen molar-refractivity contribution in [3.05, 3.63) is 34.2 Å². The van der Waals surface area contributed by atoms with E-state index in [1.165, 1.54) is 6.42 Å². The second-order valence-electron chi connectivity index (χ2n) is 8.65. The third-order valence-corrected chi connectivity index (χ3v) is 6.39. The highest BCUT2D eigenvalue weighted by atomic mass is 16.1. The topological polar surface area (TPSA) is 68.8 Å². The summed E-state index contributed by atoms with van der Waals surface area (Å²) in [4.78, 5) is 14.5. The van der Waals surface area contributed by atoms with Crippen molar-refractivity contribution in [3.8, 4) is 0 Å². The monoisotopic (exact) mass is 340 g/mol. The summed E-state index contributed by atoms with van der Waals surface area (Å²) in [5, 5.41) is 12.5. The van der Waals surface area contributed by atoms with Gasteiger partial charge in [-0.1, -0.05) is 25.0 Å². The number of piperidine rings is 1. The minimum Gasteiger partial charge on any atom is -0.339 e. The lowest BCUT2D eigenvalue weighted by atomic mass is 9.83. The van der Waals surface area contributed by atoms with Crippen LogP contribution in [0.3, 0.4) is 0 Å². The Kier molecular flexibility index (Phi) is 3.12. The first kappa shape index (κ1) is 15.1. The van der Waals surface area contributed by atoms with Crippen molar-refractivity contribution in [2.45, 2.75) is 45.7 Å². The van der Waals surface area contributed by atoms with Crippen molar-refractivity contribution in [1.29, 1.82) is 0 Å². The van der Waals surface area contributed by atoms with Crippen LogP contribution >= 0.6 is 0 Å². The van der Waals surface area contributed by atoms with E-state index in [1.807, 2.05) is 15.3 Å². The molecule has 3 aliphatic rings. The molecule has 5 rings (SSSR count). The van der Waals surface area contributed by atoms with Crippen LogP contribution in [0.1, 0.15) is 38.3 Å². The Morgan fingerprint density at radius 2 is 2.08 bits per heavy atom. The zero-order valence-corrected chi connectivity index (χ0v) is 14.8. The third kappa shape index (κ3) is 2.48. The summed E-state index contributed by atoms with van der Waals surface area (Å²) in [5.74, 6) is 2.42. The molecule has 1 unspecified atom stereocenters. The average molecular weight is 340 g/mol. The Balaban J connectivity index is 1.41. The smallest absolute Gasteiger partial charge is 0.250 e. The summed E-state index contributed by atoms with van der Waals surface area (Å²) in [6, 6.07) is 5.65. The fourth-order valence-electron chi connectivity index (χ4n) is 4.70. The number of rotatable bonds is 3. The number of pyridine rings is 1. The molecule has 132 valence electrons. The van der Waals surface area contributed by atoms with E-state index in [0.717, 1.165) is 44.2 Å². The van der Waals surface area contributed by atoms with E-state index in [0.29, 0.717) is 23.2 Å². The van der Waals surface area contributed by atoms with Gasteiger partial charge in [-0.05, 0) is 46.6 Å². The van der Waals surface area contributed by atoms with E-state index in [4.69, 9.17) is 0 Å². The van der Waals surface area contributed by atoms with Crippen LogP contribution in [0.15, 0.2) is 23.0 Å². The number of aromatic nitrogens is 5. The van der Waals surface area contributed by atoms with Crippen LogP contribution in [0.25, 0.3) is 0 Å². The van der Waals surface area contributed by atoms with Crippen LogP contribution < -0.4 is 10.5 Å². The Labute approximate surface area is 146 Å². The molecular formula is C18H24N6O. The summed E-state index contributed by atoms with van der Waals surface area (Å²) < 4.78 is 3.95. The molecule has 1 saturated heterocycles. The number of fused-ring (bicyclic) bond motifs is 4. The normalized spacial score (nSPS) is 29.4. The van der Waals surface area contributed by atoms with Crippen molar-refractivity contribution in [3.63, 3.8) is 0 Å². The zero-order valence-electron chi connectivity index (χ0n) is 14.8. The van der Waals surface area contributed by atoms with Gasteiger partial charge in [0.2, 0.25) is 5.95 Å². The van der Waals surface area contributed by atoms with Gasteiger partial charge in [0.15, 0.2) is 0 Å². The highest BCUT2D eigenvalue weighted by molar-refractivity contribution is 5.33. The Morgan fingerprint density at radius 3 is 2.88 bits per heavy atom. The van der Waals surface area contributed by atoms with Crippen molar-refractivity contribution in [2.75, 3.05) is 18.0 Å². The Morgan fingerprint density at radius 1 is 1.24 bits per heavy atom. The lowest BCUT2D eigenvalue weighted by molar-refractivity contribution is 0.277.